The first-order chi connectivity index (χ1) is 9.70. The van der Waals surface area contributed by atoms with E-state index in [1.165, 1.54) is 0 Å². The van der Waals surface area contributed by atoms with Crippen LogP contribution in [0.25, 0.3) is 0 Å². The third-order valence-corrected chi connectivity index (χ3v) is 5.16. The van der Waals surface area contributed by atoms with Gasteiger partial charge in [0, 0.05) is 19.6 Å². The molecule has 1 amide bonds. The van der Waals surface area contributed by atoms with E-state index in [0.29, 0.717) is 25.5 Å². The minimum atomic E-state index is -2.93. The quantitative estimate of drug-likeness (QED) is 0.469. The van der Waals surface area contributed by atoms with E-state index in [1.54, 1.807) is 7.05 Å². The Hall–Kier alpha value is -1.31. The van der Waals surface area contributed by atoms with E-state index >= 15 is 0 Å². The highest BCUT2D eigenvalue weighted by Crippen LogP contribution is 2.15. The number of aliphatic imine (C=N–C) groups is 1. The van der Waals surface area contributed by atoms with Crippen LogP contribution in [0.2, 0.25) is 0 Å². The zero-order valence-corrected chi connectivity index (χ0v) is 14.0. The second-order valence-electron chi connectivity index (χ2n) is 5.90. The van der Waals surface area contributed by atoms with Gasteiger partial charge in [0.25, 0.3) is 0 Å². The summed E-state index contributed by atoms with van der Waals surface area (Å²) in [4.78, 5) is 16.1. The number of sulfone groups is 1. The van der Waals surface area contributed by atoms with Crippen LogP contribution in [0, 0.1) is 5.41 Å². The fraction of sp³-hybridized carbons (Fsp3) is 0.846. The fourth-order valence-electron chi connectivity index (χ4n) is 2.11. The molecular formula is C13H26N4O3S. The standard InChI is InChI=1S/C13H26N4O3S/c1-5-15-12(16-9-13(2,3)11(18)14-4)17-10-6-7-21(19,20)8-10/h10H,5-9H2,1-4H3,(H,14,18)(H2,15,16,17). The van der Waals surface area contributed by atoms with Gasteiger partial charge in [-0.2, -0.15) is 0 Å². The number of nitrogens with one attached hydrogen (secondary N) is 3. The van der Waals surface area contributed by atoms with E-state index < -0.39 is 15.3 Å². The van der Waals surface area contributed by atoms with Crippen LogP contribution >= 0.6 is 0 Å². The summed E-state index contributed by atoms with van der Waals surface area (Å²) in [6.45, 7) is 6.57. The normalized spacial score (nSPS) is 21.9. The summed E-state index contributed by atoms with van der Waals surface area (Å²) in [7, 11) is -1.33. The molecule has 1 aliphatic rings. The molecule has 7 nitrogen and oxygen atoms in total. The number of hydrogen-bond donors (Lipinski definition) is 3. The maximum atomic E-state index is 11.7. The third-order valence-electron chi connectivity index (χ3n) is 3.39. The second kappa shape index (κ2) is 7.11. The Morgan fingerprint density at radius 3 is 2.52 bits per heavy atom. The van der Waals surface area contributed by atoms with Crippen molar-refractivity contribution in [1.82, 2.24) is 16.0 Å². The lowest BCUT2D eigenvalue weighted by Crippen LogP contribution is -2.45. The molecule has 0 aliphatic carbocycles. The van der Waals surface area contributed by atoms with Gasteiger partial charge in [0.1, 0.15) is 0 Å². The maximum Gasteiger partial charge on any atom is 0.227 e. The minimum absolute atomic E-state index is 0.0782. The van der Waals surface area contributed by atoms with E-state index in [4.69, 9.17) is 0 Å². The number of amides is 1. The van der Waals surface area contributed by atoms with Crippen molar-refractivity contribution in [2.24, 2.45) is 10.4 Å². The Bertz CT molecular complexity index is 500. The van der Waals surface area contributed by atoms with Crippen LogP contribution in [0.4, 0.5) is 0 Å². The predicted molar refractivity (Wildman–Crippen MR) is 84.0 cm³/mol. The smallest absolute Gasteiger partial charge is 0.227 e. The number of carbonyl (C=O) groups excluding carboxylic acids is 1. The predicted octanol–water partition coefficient (Wildman–Crippen LogP) is -0.499. The molecular weight excluding hydrogens is 292 g/mol. The maximum absolute atomic E-state index is 11.7. The summed E-state index contributed by atoms with van der Waals surface area (Å²) < 4.78 is 22.9. The fourth-order valence-corrected chi connectivity index (χ4v) is 3.78. The summed E-state index contributed by atoms with van der Waals surface area (Å²) in [5.74, 6) is 0.825. The Morgan fingerprint density at radius 1 is 1.38 bits per heavy atom. The minimum Gasteiger partial charge on any atom is -0.359 e. The van der Waals surface area contributed by atoms with Crippen molar-refractivity contribution in [3.8, 4) is 0 Å². The molecule has 0 spiro atoms. The van der Waals surface area contributed by atoms with Gasteiger partial charge in [-0.1, -0.05) is 0 Å². The number of nitrogens with zero attached hydrogens (tertiary/aromatic N) is 1. The topological polar surface area (TPSA) is 99.7 Å². The lowest BCUT2D eigenvalue weighted by molar-refractivity contribution is -0.128. The number of hydrogen-bond acceptors (Lipinski definition) is 4. The van der Waals surface area contributed by atoms with Gasteiger partial charge < -0.3 is 16.0 Å². The number of carbonyl (C=O) groups is 1. The molecule has 0 radical (unpaired) electrons. The summed E-state index contributed by atoms with van der Waals surface area (Å²) in [5.41, 5.74) is -0.612. The molecule has 1 saturated heterocycles. The molecule has 1 atom stereocenters. The molecule has 0 aromatic carbocycles. The summed E-state index contributed by atoms with van der Waals surface area (Å²) in [6, 6.07) is -0.115. The highest BCUT2D eigenvalue weighted by atomic mass is 32.2. The first-order valence-electron chi connectivity index (χ1n) is 7.17. The van der Waals surface area contributed by atoms with E-state index in [0.717, 1.165) is 0 Å². The van der Waals surface area contributed by atoms with Crippen molar-refractivity contribution in [2.75, 3.05) is 31.6 Å². The van der Waals surface area contributed by atoms with Crippen molar-refractivity contribution < 1.29 is 13.2 Å². The monoisotopic (exact) mass is 318 g/mol. The van der Waals surface area contributed by atoms with Gasteiger partial charge in [0.15, 0.2) is 15.8 Å². The van der Waals surface area contributed by atoms with Gasteiger partial charge in [-0.25, -0.2) is 8.42 Å². The van der Waals surface area contributed by atoms with Crippen molar-refractivity contribution in [1.29, 1.82) is 0 Å². The largest absolute Gasteiger partial charge is 0.359 e. The van der Waals surface area contributed by atoms with Crippen LogP contribution in [0.3, 0.4) is 0 Å². The molecule has 1 rings (SSSR count). The van der Waals surface area contributed by atoms with Gasteiger partial charge >= 0.3 is 0 Å². The first-order valence-corrected chi connectivity index (χ1v) is 9.00. The lowest BCUT2D eigenvalue weighted by Gasteiger charge is -2.22. The van der Waals surface area contributed by atoms with Gasteiger partial charge in [-0.3, -0.25) is 9.79 Å². The van der Waals surface area contributed by atoms with Crippen LogP contribution < -0.4 is 16.0 Å². The van der Waals surface area contributed by atoms with Gasteiger partial charge in [0.2, 0.25) is 5.91 Å². The summed E-state index contributed by atoms with van der Waals surface area (Å²) in [6.07, 6.45) is 0.589. The highest BCUT2D eigenvalue weighted by molar-refractivity contribution is 7.91. The van der Waals surface area contributed by atoms with Crippen molar-refractivity contribution in [3.63, 3.8) is 0 Å². The Balaban J connectivity index is 2.68. The van der Waals surface area contributed by atoms with E-state index in [9.17, 15) is 13.2 Å². The average Bonchev–Trinajstić information content (AvgIpc) is 2.74. The molecule has 122 valence electrons. The van der Waals surface area contributed by atoms with Gasteiger partial charge in [-0.15, -0.1) is 0 Å². The van der Waals surface area contributed by atoms with Crippen molar-refractivity contribution >= 4 is 21.7 Å². The van der Waals surface area contributed by atoms with E-state index in [2.05, 4.69) is 20.9 Å². The lowest BCUT2D eigenvalue weighted by atomic mass is 9.93. The average molecular weight is 318 g/mol. The summed E-state index contributed by atoms with van der Waals surface area (Å²) >= 11 is 0. The van der Waals surface area contributed by atoms with Crippen LogP contribution in [-0.2, 0) is 14.6 Å². The van der Waals surface area contributed by atoms with Crippen LogP contribution in [-0.4, -0.2) is 58.0 Å². The van der Waals surface area contributed by atoms with Crippen molar-refractivity contribution in [2.45, 2.75) is 33.2 Å². The zero-order valence-electron chi connectivity index (χ0n) is 13.2. The van der Waals surface area contributed by atoms with Crippen molar-refractivity contribution in [3.05, 3.63) is 0 Å². The van der Waals surface area contributed by atoms with Crippen LogP contribution in [0.1, 0.15) is 27.2 Å². The number of guanidine groups is 1. The molecule has 1 aliphatic heterocycles. The molecule has 21 heavy (non-hydrogen) atoms. The summed E-state index contributed by atoms with van der Waals surface area (Å²) in [5, 5.41) is 8.83. The molecule has 0 bridgehead atoms. The Kier molecular flexibility index (Phi) is 6.00. The molecule has 0 aromatic rings. The van der Waals surface area contributed by atoms with Crippen LogP contribution in [0.15, 0.2) is 4.99 Å². The second-order valence-corrected chi connectivity index (χ2v) is 8.13. The molecule has 1 fully saturated rings. The molecule has 1 unspecified atom stereocenters. The zero-order chi connectivity index (χ0) is 16.1. The molecule has 3 N–H and O–H groups in total. The highest BCUT2D eigenvalue weighted by Gasteiger charge is 2.29. The number of rotatable bonds is 5. The SMILES string of the molecule is CCNC(=NCC(C)(C)C(=O)NC)NC1CCS(=O)(=O)C1. The van der Waals surface area contributed by atoms with Gasteiger partial charge in [-0.05, 0) is 27.2 Å². The van der Waals surface area contributed by atoms with Gasteiger partial charge in [0.05, 0.1) is 23.5 Å². The van der Waals surface area contributed by atoms with Crippen LogP contribution in [0.5, 0.6) is 0 Å². The Labute approximate surface area is 126 Å². The molecule has 0 saturated carbocycles. The third kappa shape index (κ3) is 5.53. The molecule has 0 aromatic heterocycles. The Morgan fingerprint density at radius 2 is 2.05 bits per heavy atom. The molecule has 1 heterocycles. The molecule has 8 heteroatoms. The van der Waals surface area contributed by atoms with E-state index in [1.807, 2.05) is 20.8 Å². The van der Waals surface area contributed by atoms with E-state index in [-0.39, 0.29) is 23.5 Å². The first kappa shape index (κ1) is 17.7.